The van der Waals surface area contributed by atoms with Crippen molar-refractivity contribution in [3.63, 3.8) is 0 Å². The first-order valence-corrected chi connectivity index (χ1v) is 22.4. The zero-order chi connectivity index (χ0) is 49.1. The van der Waals surface area contributed by atoms with Crippen LogP contribution in [0.4, 0.5) is 8.78 Å². The second-order valence-corrected chi connectivity index (χ2v) is 18.8. The van der Waals surface area contributed by atoms with E-state index in [1.807, 2.05) is 98.8 Å². The van der Waals surface area contributed by atoms with Gasteiger partial charge in [0.15, 0.2) is 0 Å². The summed E-state index contributed by atoms with van der Waals surface area (Å²) in [5.74, 6) is 0.988. The SMILES string of the molecule is COC(=O)C[C@H](C)c1ccc(OCc2ccc(C(C)(C)C)c(-c3cc(OC)ccc3F)c2)cc1.COc1ccc(F)c(-c2cc(COc3ccc([C@@H](C)CC(=O)O)cc3)ccc2C(C)(C)C)c1. The lowest BCUT2D eigenvalue weighted by Crippen LogP contribution is -2.13. The Kier molecular flexibility index (Phi) is 17.4. The Morgan fingerprint density at radius 1 is 0.507 bits per heavy atom. The van der Waals surface area contributed by atoms with Crippen molar-refractivity contribution in [2.24, 2.45) is 0 Å². The van der Waals surface area contributed by atoms with E-state index in [2.05, 4.69) is 41.5 Å². The van der Waals surface area contributed by atoms with Gasteiger partial charge < -0.3 is 28.8 Å². The molecule has 0 fully saturated rings. The zero-order valence-electron chi connectivity index (χ0n) is 40.6. The molecule has 0 aliphatic heterocycles. The molecule has 0 bridgehead atoms. The van der Waals surface area contributed by atoms with E-state index in [1.54, 1.807) is 38.5 Å². The fourth-order valence-electron chi connectivity index (χ4n) is 7.74. The van der Waals surface area contributed by atoms with Gasteiger partial charge in [-0.3, -0.25) is 9.59 Å². The number of ether oxygens (including phenoxy) is 5. The van der Waals surface area contributed by atoms with Crippen molar-refractivity contribution >= 4 is 11.9 Å². The number of carbonyl (C=O) groups excluding carboxylic acids is 1. The van der Waals surface area contributed by atoms with Gasteiger partial charge in [-0.15, -0.1) is 0 Å². The van der Waals surface area contributed by atoms with E-state index in [9.17, 15) is 18.4 Å². The molecule has 0 saturated carbocycles. The molecule has 354 valence electrons. The molecule has 6 aromatic rings. The molecule has 6 aromatic carbocycles. The van der Waals surface area contributed by atoms with Gasteiger partial charge in [0, 0.05) is 11.1 Å². The summed E-state index contributed by atoms with van der Waals surface area (Å²) in [5, 5.41) is 8.98. The van der Waals surface area contributed by atoms with E-state index in [1.165, 1.54) is 19.2 Å². The average molecular weight is 915 g/mol. The molecule has 0 heterocycles. The van der Waals surface area contributed by atoms with Crippen molar-refractivity contribution in [1.29, 1.82) is 0 Å². The van der Waals surface area contributed by atoms with E-state index < -0.39 is 5.97 Å². The molecular formula is C57H64F2O8. The molecule has 0 aromatic heterocycles. The molecule has 0 saturated heterocycles. The van der Waals surface area contributed by atoms with Crippen LogP contribution in [0.3, 0.4) is 0 Å². The highest BCUT2D eigenvalue weighted by Crippen LogP contribution is 2.39. The maximum Gasteiger partial charge on any atom is 0.306 e. The van der Waals surface area contributed by atoms with Crippen LogP contribution in [0.1, 0.15) is 113 Å². The maximum atomic E-state index is 14.8. The summed E-state index contributed by atoms with van der Waals surface area (Å²) in [6.07, 6.45) is 0.421. The summed E-state index contributed by atoms with van der Waals surface area (Å²) in [5.41, 5.74) is 8.26. The van der Waals surface area contributed by atoms with Crippen molar-refractivity contribution in [2.75, 3.05) is 21.3 Å². The number of methoxy groups -OCH3 is 3. The minimum absolute atomic E-state index is 0.0618. The Morgan fingerprint density at radius 3 is 1.22 bits per heavy atom. The van der Waals surface area contributed by atoms with Gasteiger partial charge in [-0.05, 0) is 140 Å². The minimum atomic E-state index is -0.815. The van der Waals surface area contributed by atoms with E-state index in [-0.39, 0.29) is 46.7 Å². The predicted octanol–water partition coefficient (Wildman–Crippen LogP) is 14.0. The number of carboxylic acid groups (broad SMARTS) is 1. The zero-order valence-corrected chi connectivity index (χ0v) is 40.6. The van der Waals surface area contributed by atoms with Crippen LogP contribution >= 0.6 is 0 Å². The molecule has 0 aliphatic rings. The third-order valence-corrected chi connectivity index (χ3v) is 11.6. The summed E-state index contributed by atoms with van der Waals surface area (Å²) < 4.78 is 57.0. The van der Waals surface area contributed by atoms with E-state index in [0.717, 1.165) is 50.3 Å². The lowest BCUT2D eigenvalue weighted by atomic mass is 9.81. The minimum Gasteiger partial charge on any atom is -0.497 e. The third-order valence-electron chi connectivity index (χ3n) is 11.6. The Hall–Kier alpha value is -6.68. The van der Waals surface area contributed by atoms with Crippen molar-refractivity contribution < 1.29 is 47.2 Å². The van der Waals surface area contributed by atoms with Crippen LogP contribution in [0.2, 0.25) is 0 Å². The summed E-state index contributed by atoms with van der Waals surface area (Å²) >= 11 is 0. The summed E-state index contributed by atoms with van der Waals surface area (Å²) in [7, 11) is 4.54. The number of rotatable bonds is 16. The fraction of sp³-hybridized carbons (Fsp3) is 0.333. The Balaban J connectivity index is 0.000000251. The molecule has 0 radical (unpaired) electrons. The van der Waals surface area contributed by atoms with Crippen LogP contribution in [0.25, 0.3) is 22.3 Å². The van der Waals surface area contributed by atoms with Gasteiger partial charge in [-0.1, -0.05) is 104 Å². The number of esters is 1. The van der Waals surface area contributed by atoms with E-state index in [0.29, 0.717) is 48.0 Å². The Morgan fingerprint density at radius 2 is 0.881 bits per heavy atom. The lowest BCUT2D eigenvalue weighted by molar-refractivity contribution is -0.141. The van der Waals surface area contributed by atoms with Crippen LogP contribution in [0, 0.1) is 11.6 Å². The first kappa shape index (κ1) is 51.3. The number of aliphatic carboxylic acids is 1. The number of benzene rings is 6. The number of carboxylic acids is 1. The number of hydrogen-bond donors (Lipinski definition) is 1. The topological polar surface area (TPSA) is 101 Å². The lowest BCUT2D eigenvalue weighted by Gasteiger charge is -2.24. The smallest absolute Gasteiger partial charge is 0.306 e. The van der Waals surface area contributed by atoms with Gasteiger partial charge in [-0.25, -0.2) is 8.78 Å². The van der Waals surface area contributed by atoms with E-state index >= 15 is 0 Å². The molecular weight excluding hydrogens is 851 g/mol. The van der Waals surface area contributed by atoms with Gasteiger partial charge in [0.1, 0.15) is 47.8 Å². The standard InChI is InChI=1S/C29H33FO4.C28H31FO4/c1-19(15-28(31)33-6)21-8-10-22(11-9-21)34-18-20-7-13-26(29(2,3)4)24(16-20)25-17-23(32-5)12-14-27(25)30;1-18(14-27(30)31)20-7-9-21(10-8-20)33-17-19-6-12-25(28(2,3)4)23(15-19)24-16-22(32-5)11-13-26(24)29/h7-14,16-17,19H,15,18H2,1-6H3;6-13,15-16,18H,14,17H2,1-5H3,(H,30,31)/t19-;18-/m00/s1. The van der Waals surface area contributed by atoms with Gasteiger partial charge in [0.25, 0.3) is 0 Å². The first-order valence-electron chi connectivity index (χ1n) is 22.4. The maximum absolute atomic E-state index is 14.8. The molecule has 6 rings (SSSR count). The van der Waals surface area contributed by atoms with Crippen LogP contribution in [0.15, 0.2) is 121 Å². The largest absolute Gasteiger partial charge is 0.497 e. The van der Waals surface area contributed by atoms with E-state index in [4.69, 9.17) is 28.8 Å². The fourth-order valence-corrected chi connectivity index (χ4v) is 7.74. The molecule has 67 heavy (non-hydrogen) atoms. The number of hydrogen-bond acceptors (Lipinski definition) is 7. The second-order valence-electron chi connectivity index (χ2n) is 18.8. The van der Waals surface area contributed by atoms with Crippen LogP contribution in [-0.4, -0.2) is 38.4 Å². The third kappa shape index (κ3) is 14.2. The van der Waals surface area contributed by atoms with Gasteiger partial charge in [0.2, 0.25) is 0 Å². The normalized spacial score (nSPS) is 12.3. The molecule has 0 aliphatic carbocycles. The molecule has 2 atom stereocenters. The highest BCUT2D eigenvalue weighted by molar-refractivity contribution is 5.73. The second kappa shape index (κ2) is 22.7. The van der Waals surface area contributed by atoms with Crippen LogP contribution in [-0.2, 0) is 38.4 Å². The Bertz CT molecular complexity index is 2610. The molecule has 10 heteroatoms. The molecule has 0 spiro atoms. The van der Waals surface area contributed by atoms with Crippen molar-refractivity contribution in [3.8, 4) is 45.3 Å². The van der Waals surface area contributed by atoms with Crippen molar-refractivity contribution in [1.82, 2.24) is 0 Å². The van der Waals surface area contributed by atoms with Gasteiger partial charge in [0.05, 0.1) is 34.2 Å². The molecule has 0 amide bonds. The number of carbonyl (C=O) groups is 2. The van der Waals surface area contributed by atoms with Crippen LogP contribution in [0.5, 0.6) is 23.0 Å². The van der Waals surface area contributed by atoms with Crippen molar-refractivity contribution in [2.45, 2.75) is 104 Å². The molecule has 8 nitrogen and oxygen atoms in total. The van der Waals surface area contributed by atoms with Gasteiger partial charge >= 0.3 is 11.9 Å². The Labute approximate surface area is 394 Å². The van der Waals surface area contributed by atoms with Crippen molar-refractivity contribution in [3.05, 3.63) is 166 Å². The predicted molar refractivity (Wildman–Crippen MR) is 261 cm³/mol. The highest BCUT2D eigenvalue weighted by Gasteiger charge is 2.23. The quantitative estimate of drug-likeness (QED) is 0.0958. The summed E-state index contributed by atoms with van der Waals surface area (Å²) in [6, 6.07) is 36.8. The van der Waals surface area contributed by atoms with Gasteiger partial charge in [-0.2, -0.15) is 0 Å². The summed E-state index contributed by atoms with van der Waals surface area (Å²) in [6.45, 7) is 17.2. The monoisotopic (exact) mass is 914 g/mol. The molecule has 1 N–H and O–H groups in total. The van der Waals surface area contributed by atoms with Crippen LogP contribution < -0.4 is 18.9 Å². The first-order chi connectivity index (χ1) is 31.7. The average Bonchev–Trinajstić information content (AvgIpc) is 3.30. The highest BCUT2D eigenvalue weighted by atomic mass is 19.1. The number of halogens is 2. The summed E-state index contributed by atoms with van der Waals surface area (Å²) in [4.78, 5) is 22.4. The molecule has 0 unspecified atom stereocenters.